The fourth-order valence-electron chi connectivity index (χ4n) is 1.92. The summed E-state index contributed by atoms with van der Waals surface area (Å²) in [6.07, 6.45) is 0. The van der Waals surface area contributed by atoms with Crippen molar-refractivity contribution >= 4 is 8.32 Å². The molecule has 0 bridgehead atoms. The van der Waals surface area contributed by atoms with Crippen LogP contribution in [0.1, 0.15) is 26.3 Å². The summed E-state index contributed by atoms with van der Waals surface area (Å²) < 4.78 is 6.22. The molecule has 1 aromatic carbocycles. The van der Waals surface area contributed by atoms with E-state index in [-0.39, 0.29) is 6.61 Å². The summed E-state index contributed by atoms with van der Waals surface area (Å²) in [6, 6.07) is 11.2. The highest BCUT2D eigenvalue weighted by Gasteiger charge is 2.30. The summed E-state index contributed by atoms with van der Waals surface area (Å²) in [6.45, 7) is 6.73. The minimum atomic E-state index is -1.58. The van der Waals surface area contributed by atoms with Crippen LogP contribution in [0.5, 0.6) is 5.75 Å². The third-order valence-electron chi connectivity index (χ3n) is 3.35. The van der Waals surface area contributed by atoms with Crippen LogP contribution in [0.2, 0.25) is 18.1 Å². The van der Waals surface area contributed by atoms with Crippen LogP contribution >= 0.6 is 0 Å². The van der Waals surface area contributed by atoms with Gasteiger partial charge in [-0.25, -0.2) is 0 Å². The molecule has 16 heavy (non-hydrogen) atoms. The molecule has 0 saturated heterocycles. The molecule has 2 nitrogen and oxygen atoms in total. The molecule has 1 aromatic rings. The fraction of sp³-hybridized carbons (Fsp3) is 0.538. The summed E-state index contributed by atoms with van der Waals surface area (Å²) in [5.41, 5.74) is 0.920. The van der Waals surface area contributed by atoms with E-state index in [0.717, 1.165) is 29.4 Å². The van der Waals surface area contributed by atoms with Crippen molar-refractivity contribution < 1.29 is 9.53 Å². The lowest BCUT2D eigenvalue weighted by Gasteiger charge is -2.29. The second kappa shape index (κ2) is 6.06. The second-order valence-corrected chi connectivity index (χ2v) is 8.84. The van der Waals surface area contributed by atoms with Gasteiger partial charge in [0.15, 0.2) is 0 Å². The normalized spacial score (nSPS) is 11.5. The Morgan fingerprint density at radius 3 is 2.25 bits per heavy atom. The smallest absolute Gasteiger partial charge is 0.250 e. The lowest BCUT2D eigenvalue weighted by Crippen LogP contribution is -2.39. The van der Waals surface area contributed by atoms with E-state index in [1.807, 2.05) is 24.3 Å². The van der Waals surface area contributed by atoms with Crippen molar-refractivity contribution in [1.82, 2.24) is 0 Å². The van der Waals surface area contributed by atoms with Gasteiger partial charge in [0.2, 0.25) is 8.32 Å². The van der Waals surface area contributed by atoms with E-state index in [1.165, 1.54) is 0 Å². The van der Waals surface area contributed by atoms with Gasteiger partial charge in [-0.05, 0) is 35.8 Å². The van der Waals surface area contributed by atoms with E-state index in [9.17, 15) is 0 Å². The number of hydrogen-bond donors (Lipinski definition) is 1. The average molecular weight is 238 g/mol. The summed E-state index contributed by atoms with van der Waals surface area (Å²) in [5.74, 6) is 0.920. The van der Waals surface area contributed by atoms with Crippen LogP contribution in [-0.4, -0.2) is 13.4 Å². The van der Waals surface area contributed by atoms with E-state index in [4.69, 9.17) is 9.53 Å². The van der Waals surface area contributed by atoms with Crippen LogP contribution < -0.4 is 4.43 Å². The van der Waals surface area contributed by atoms with Crippen molar-refractivity contribution in [1.29, 1.82) is 0 Å². The average Bonchev–Trinajstić information content (AvgIpc) is 2.36. The van der Waals surface area contributed by atoms with Crippen LogP contribution in [-0.2, 0) is 6.61 Å². The van der Waals surface area contributed by atoms with Gasteiger partial charge < -0.3 is 9.53 Å². The van der Waals surface area contributed by atoms with Gasteiger partial charge in [0.1, 0.15) is 5.75 Å². The predicted octanol–water partition coefficient (Wildman–Crippen LogP) is 3.56. The maximum atomic E-state index is 9.09. The molecular weight excluding hydrogens is 216 g/mol. The quantitative estimate of drug-likeness (QED) is 0.768. The first-order chi connectivity index (χ1) is 7.69. The molecule has 0 radical (unpaired) electrons. The maximum Gasteiger partial charge on any atom is 0.250 e. The highest BCUT2D eigenvalue weighted by molar-refractivity contribution is 6.74. The number of aliphatic hydroxyl groups excluding tert-OH is 1. The Morgan fingerprint density at radius 1 is 1.12 bits per heavy atom. The lowest BCUT2D eigenvalue weighted by atomic mass is 10.2. The van der Waals surface area contributed by atoms with E-state index in [2.05, 4.69) is 20.8 Å². The van der Waals surface area contributed by atoms with E-state index in [0.29, 0.717) is 0 Å². The molecule has 0 atom stereocenters. The van der Waals surface area contributed by atoms with Crippen molar-refractivity contribution in [3.8, 4) is 5.75 Å². The largest absolute Gasteiger partial charge is 0.543 e. The van der Waals surface area contributed by atoms with Crippen LogP contribution in [0.25, 0.3) is 0 Å². The molecule has 1 rings (SSSR count). The number of rotatable bonds is 6. The molecule has 3 heteroatoms. The van der Waals surface area contributed by atoms with Crippen LogP contribution in [0.15, 0.2) is 24.3 Å². The fourth-order valence-corrected chi connectivity index (χ4v) is 4.48. The summed E-state index contributed by atoms with van der Waals surface area (Å²) in [4.78, 5) is 0. The van der Waals surface area contributed by atoms with Crippen LogP contribution in [0, 0.1) is 0 Å². The topological polar surface area (TPSA) is 29.5 Å². The van der Waals surface area contributed by atoms with Gasteiger partial charge in [-0.3, -0.25) is 0 Å². The number of benzene rings is 1. The maximum absolute atomic E-state index is 9.09. The summed E-state index contributed by atoms with van der Waals surface area (Å²) in [7, 11) is -1.58. The molecule has 0 unspecified atom stereocenters. The van der Waals surface area contributed by atoms with Crippen molar-refractivity contribution in [2.75, 3.05) is 0 Å². The molecule has 0 fully saturated rings. The Bertz CT molecular complexity index is 313. The highest BCUT2D eigenvalue weighted by Crippen LogP contribution is 2.25. The molecule has 0 aliphatic heterocycles. The molecule has 0 amide bonds. The Kier molecular flexibility index (Phi) is 5.02. The van der Waals surface area contributed by atoms with Crippen molar-refractivity contribution in [3.05, 3.63) is 29.8 Å². The van der Waals surface area contributed by atoms with Crippen molar-refractivity contribution in [2.45, 2.75) is 45.5 Å². The first-order valence-electron chi connectivity index (χ1n) is 6.08. The molecule has 1 N–H and O–H groups in total. The standard InChI is InChI=1S/C13H22O2Si/c1-4-16(5-2,6-3)15-13-9-7-8-12(10-13)11-14/h7-10,14H,4-6,11H2,1-3H3. The van der Waals surface area contributed by atoms with Gasteiger partial charge in [0.25, 0.3) is 0 Å². The predicted molar refractivity (Wildman–Crippen MR) is 70.2 cm³/mol. The molecule has 0 saturated carbocycles. The van der Waals surface area contributed by atoms with Gasteiger partial charge in [-0.15, -0.1) is 0 Å². The van der Waals surface area contributed by atoms with Crippen LogP contribution in [0.3, 0.4) is 0 Å². The molecule has 0 aromatic heterocycles. The third-order valence-corrected chi connectivity index (χ3v) is 7.88. The first kappa shape index (κ1) is 13.3. The SMILES string of the molecule is CC[Si](CC)(CC)Oc1cccc(CO)c1. The van der Waals surface area contributed by atoms with Crippen molar-refractivity contribution in [2.24, 2.45) is 0 Å². The Labute approximate surface area is 99.4 Å². The molecule has 0 aliphatic carbocycles. The van der Waals surface area contributed by atoms with Crippen LogP contribution in [0.4, 0.5) is 0 Å². The zero-order valence-corrected chi connectivity index (χ0v) is 11.5. The zero-order valence-electron chi connectivity index (χ0n) is 10.5. The summed E-state index contributed by atoms with van der Waals surface area (Å²) >= 11 is 0. The molecule has 0 heterocycles. The molecular formula is C13H22O2Si. The Balaban J connectivity index is 2.84. The molecule has 0 aliphatic rings. The number of hydrogen-bond acceptors (Lipinski definition) is 2. The second-order valence-electron chi connectivity index (χ2n) is 4.15. The lowest BCUT2D eigenvalue weighted by molar-refractivity contribution is 0.281. The number of aliphatic hydroxyl groups is 1. The van der Waals surface area contributed by atoms with Gasteiger partial charge in [-0.2, -0.15) is 0 Å². The minimum Gasteiger partial charge on any atom is -0.543 e. The molecule has 0 spiro atoms. The van der Waals surface area contributed by atoms with Gasteiger partial charge in [-0.1, -0.05) is 32.9 Å². The van der Waals surface area contributed by atoms with Gasteiger partial charge in [0, 0.05) is 0 Å². The monoisotopic (exact) mass is 238 g/mol. The highest BCUT2D eigenvalue weighted by atomic mass is 28.4. The van der Waals surface area contributed by atoms with E-state index in [1.54, 1.807) is 0 Å². The van der Waals surface area contributed by atoms with E-state index < -0.39 is 8.32 Å². The Morgan fingerprint density at radius 2 is 1.75 bits per heavy atom. The summed E-state index contributed by atoms with van der Waals surface area (Å²) in [5, 5.41) is 9.09. The van der Waals surface area contributed by atoms with E-state index >= 15 is 0 Å². The molecule has 90 valence electrons. The van der Waals surface area contributed by atoms with Gasteiger partial charge in [0.05, 0.1) is 6.61 Å². The third kappa shape index (κ3) is 3.09. The first-order valence-corrected chi connectivity index (χ1v) is 8.61. The Hall–Kier alpha value is -0.803. The zero-order chi connectivity index (χ0) is 12.0. The van der Waals surface area contributed by atoms with Crippen molar-refractivity contribution in [3.63, 3.8) is 0 Å². The minimum absolute atomic E-state index is 0.0795. The van der Waals surface area contributed by atoms with Gasteiger partial charge >= 0.3 is 0 Å².